The number of ether oxygens (including phenoxy) is 1. The molecule has 1 amide bonds. The number of carbonyl (C=O) groups is 1. The number of amides is 1. The minimum Gasteiger partial charge on any atom is -0.420 e. The van der Waals surface area contributed by atoms with Crippen LogP contribution in [0, 0.1) is 0 Å². The highest BCUT2D eigenvalue weighted by Crippen LogP contribution is 2.37. The fraction of sp³-hybridized carbons (Fsp3) is 0.643. The van der Waals surface area contributed by atoms with Gasteiger partial charge in [0, 0.05) is 31.2 Å². The zero-order valence-electron chi connectivity index (χ0n) is 20.2. The van der Waals surface area contributed by atoms with Crippen LogP contribution in [0.25, 0.3) is 6.08 Å². The van der Waals surface area contributed by atoms with Crippen molar-refractivity contribution in [2.45, 2.75) is 102 Å². The van der Waals surface area contributed by atoms with Crippen LogP contribution in [0.2, 0.25) is 0 Å². The molecule has 0 radical (unpaired) electrons. The summed E-state index contributed by atoms with van der Waals surface area (Å²) in [6.07, 6.45) is 15.9. The zero-order chi connectivity index (χ0) is 23.1. The summed E-state index contributed by atoms with van der Waals surface area (Å²) >= 11 is 0. The summed E-state index contributed by atoms with van der Waals surface area (Å²) in [6.45, 7) is 1.73. The van der Waals surface area contributed by atoms with Crippen molar-refractivity contribution >= 4 is 23.7 Å². The highest BCUT2D eigenvalue weighted by Gasteiger charge is 2.40. The molecule has 3 fully saturated rings. The Balaban J connectivity index is 1.33. The van der Waals surface area contributed by atoms with Crippen LogP contribution in [0.5, 0.6) is 0 Å². The lowest BCUT2D eigenvalue weighted by molar-refractivity contribution is -0.124. The van der Waals surface area contributed by atoms with Crippen molar-refractivity contribution in [2.24, 2.45) is 4.99 Å². The number of aliphatic hydroxyl groups excluding tert-OH is 1. The first-order valence-corrected chi connectivity index (χ1v) is 13.6. The van der Waals surface area contributed by atoms with Gasteiger partial charge in [0.2, 0.25) is 0 Å². The van der Waals surface area contributed by atoms with E-state index in [-0.39, 0.29) is 24.1 Å². The Hall–Kier alpha value is -2.34. The fourth-order valence-corrected chi connectivity index (χ4v) is 6.71. The van der Waals surface area contributed by atoms with Crippen molar-refractivity contribution in [3.8, 4) is 0 Å². The van der Waals surface area contributed by atoms with Crippen molar-refractivity contribution in [1.29, 1.82) is 0 Å². The van der Waals surface area contributed by atoms with Crippen molar-refractivity contribution < 1.29 is 14.6 Å². The van der Waals surface area contributed by atoms with Crippen molar-refractivity contribution in [2.75, 3.05) is 18.0 Å². The molecule has 5 aliphatic rings. The molecule has 3 heterocycles. The monoisotopic (exact) mass is 463 g/mol. The molecule has 6 nitrogen and oxygen atoms in total. The number of nitrogens with zero attached hydrogens (tertiary/aromatic N) is 3. The van der Waals surface area contributed by atoms with Crippen LogP contribution in [0.4, 0.5) is 5.69 Å². The molecule has 1 atom stereocenters. The molecule has 182 valence electrons. The van der Waals surface area contributed by atoms with E-state index in [0.29, 0.717) is 18.2 Å². The van der Waals surface area contributed by atoms with E-state index in [1.54, 1.807) is 0 Å². The van der Waals surface area contributed by atoms with Gasteiger partial charge in [-0.05, 0) is 73.4 Å². The maximum atomic E-state index is 13.6. The van der Waals surface area contributed by atoms with E-state index in [4.69, 9.17) is 9.73 Å². The number of aryl methyl sites for hydroxylation is 1. The number of rotatable bonds is 3. The molecule has 34 heavy (non-hydrogen) atoms. The SMILES string of the molecule is O=C1/C(=C\c2cc3c4c(c2)CC(O)CN4CCC3)O/C(=N/C2CCCCC2)N1C1CCCCC1. The van der Waals surface area contributed by atoms with Crippen molar-refractivity contribution in [3.63, 3.8) is 0 Å². The lowest BCUT2D eigenvalue weighted by atomic mass is 9.89. The number of aliphatic imine (C=N–C) groups is 1. The smallest absolute Gasteiger partial charge is 0.300 e. The third-order valence-corrected chi connectivity index (χ3v) is 8.31. The highest BCUT2D eigenvalue weighted by molar-refractivity contribution is 6.11. The highest BCUT2D eigenvalue weighted by atomic mass is 16.5. The number of benzene rings is 1. The Morgan fingerprint density at radius 3 is 2.50 bits per heavy atom. The first-order chi connectivity index (χ1) is 16.7. The van der Waals surface area contributed by atoms with Gasteiger partial charge in [-0.3, -0.25) is 9.69 Å². The van der Waals surface area contributed by atoms with Gasteiger partial charge in [-0.15, -0.1) is 0 Å². The summed E-state index contributed by atoms with van der Waals surface area (Å²) in [5.41, 5.74) is 4.82. The van der Waals surface area contributed by atoms with Gasteiger partial charge in [-0.1, -0.05) is 38.5 Å². The number of hydrogen-bond acceptors (Lipinski definition) is 5. The Bertz CT molecular complexity index is 1000. The normalized spacial score (nSPS) is 28.5. The molecule has 0 aromatic heterocycles. The summed E-state index contributed by atoms with van der Waals surface area (Å²) in [5, 5.41) is 10.4. The minimum absolute atomic E-state index is 0.0329. The number of aliphatic hydroxyl groups is 1. The van der Waals surface area contributed by atoms with E-state index in [1.165, 1.54) is 42.5 Å². The van der Waals surface area contributed by atoms with Crippen molar-refractivity contribution in [1.82, 2.24) is 4.90 Å². The topological polar surface area (TPSA) is 65.4 Å². The molecule has 1 aromatic carbocycles. The molecule has 0 bridgehead atoms. The van der Waals surface area contributed by atoms with Crippen LogP contribution in [-0.2, 0) is 22.4 Å². The van der Waals surface area contributed by atoms with Gasteiger partial charge in [0.25, 0.3) is 5.91 Å². The lowest BCUT2D eigenvalue weighted by Gasteiger charge is -2.39. The molecule has 2 saturated carbocycles. The van der Waals surface area contributed by atoms with Gasteiger partial charge < -0.3 is 14.7 Å². The fourth-order valence-electron chi connectivity index (χ4n) is 6.71. The molecule has 1 aromatic rings. The average Bonchev–Trinajstić information content (AvgIpc) is 3.14. The predicted molar refractivity (Wildman–Crippen MR) is 134 cm³/mol. The second-order valence-electron chi connectivity index (χ2n) is 10.9. The Morgan fingerprint density at radius 1 is 0.971 bits per heavy atom. The molecule has 2 aliphatic carbocycles. The van der Waals surface area contributed by atoms with Gasteiger partial charge in [-0.25, -0.2) is 4.99 Å². The van der Waals surface area contributed by atoms with Crippen LogP contribution < -0.4 is 4.90 Å². The van der Waals surface area contributed by atoms with Crippen LogP contribution in [0.3, 0.4) is 0 Å². The average molecular weight is 464 g/mol. The summed E-state index contributed by atoms with van der Waals surface area (Å²) in [4.78, 5) is 22.8. The third-order valence-electron chi connectivity index (χ3n) is 8.31. The van der Waals surface area contributed by atoms with E-state index < -0.39 is 0 Å². The van der Waals surface area contributed by atoms with E-state index >= 15 is 0 Å². The minimum atomic E-state index is -0.332. The van der Waals surface area contributed by atoms with E-state index in [1.807, 2.05) is 11.0 Å². The largest absolute Gasteiger partial charge is 0.420 e. The molecule has 3 aliphatic heterocycles. The first-order valence-electron chi connectivity index (χ1n) is 13.6. The summed E-state index contributed by atoms with van der Waals surface area (Å²) in [7, 11) is 0. The Labute approximate surface area is 202 Å². The second kappa shape index (κ2) is 9.37. The van der Waals surface area contributed by atoms with Gasteiger partial charge in [0.05, 0.1) is 12.1 Å². The Kier molecular flexibility index (Phi) is 6.10. The summed E-state index contributed by atoms with van der Waals surface area (Å²) in [5.74, 6) is 0.366. The number of anilines is 1. The Morgan fingerprint density at radius 2 is 1.71 bits per heavy atom. The van der Waals surface area contributed by atoms with Gasteiger partial charge in [-0.2, -0.15) is 0 Å². The molecule has 0 spiro atoms. The molecule has 1 unspecified atom stereocenters. The molecule has 1 N–H and O–H groups in total. The van der Waals surface area contributed by atoms with Crippen molar-refractivity contribution in [3.05, 3.63) is 34.6 Å². The van der Waals surface area contributed by atoms with Gasteiger partial charge in [0.15, 0.2) is 5.76 Å². The molecule has 1 saturated heterocycles. The summed E-state index contributed by atoms with van der Waals surface area (Å²) in [6, 6.07) is 5.36. The number of amidine groups is 1. The van der Waals surface area contributed by atoms with Gasteiger partial charge >= 0.3 is 6.02 Å². The summed E-state index contributed by atoms with van der Waals surface area (Å²) < 4.78 is 6.25. The van der Waals surface area contributed by atoms with E-state index in [0.717, 1.165) is 70.0 Å². The van der Waals surface area contributed by atoms with Crippen LogP contribution in [-0.4, -0.2) is 53.2 Å². The maximum Gasteiger partial charge on any atom is 0.300 e. The van der Waals surface area contributed by atoms with Crippen LogP contribution in [0.15, 0.2) is 22.9 Å². The van der Waals surface area contributed by atoms with E-state index in [2.05, 4.69) is 17.0 Å². The molecular weight excluding hydrogens is 426 g/mol. The second-order valence-corrected chi connectivity index (χ2v) is 10.9. The third kappa shape index (κ3) is 4.26. The molecular formula is C28H37N3O3. The van der Waals surface area contributed by atoms with Crippen LogP contribution in [0.1, 0.15) is 87.3 Å². The predicted octanol–water partition coefficient (Wildman–Crippen LogP) is 4.58. The maximum absolute atomic E-state index is 13.6. The standard InChI is InChI=1S/C28H37N3O3/c32-24-17-21-15-19(14-20-8-7-13-30(18-24)26(20)21)16-25-27(33)31(23-11-5-2-6-12-23)28(34-25)29-22-9-3-1-4-10-22/h14-16,22-24,32H,1-13,17-18H2/b25-16+,29-28+. The lowest BCUT2D eigenvalue weighted by Crippen LogP contribution is -2.41. The quantitative estimate of drug-likeness (QED) is 0.667. The zero-order valence-corrected chi connectivity index (χ0v) is 20.2. The molecule has 6 rings (SSSR count). The van der Waals surface area contributed by atoms with Gasteiger partial charge in [0.1, 0.15) is 0 Å². The number of carbonyl (C=O) groups excluding carboxylic acids is 1. The van der Waals surface area contributed by atoms with Crippen LogP contribution >= 0.6 is 0 Å². The molecule has 6 heteroatoms. The first kappa shape index (κ1) is 22.1. The van der Waals surface area contributed by atoms with E-state index in [9.17, 15) is 9.90 Å². The number of hydrogen-bond donors (Lipinski definition) is 1.